The quantitative estimate of drug-likeness (QED) is 0.114. The van der Waals surface area contributed by atoms with E-state index in [1.807, 2.05) is 0 Å². The maximum absolute atomic E-state index is 14.8. The molecule has 0 aliphatic carbocycles. The van der Waals surface area contributed by atoms with Gasteiger partial charge in [-0.05, 0) is 84.0 Å². The molecule has 0 saturated carbocycles. The van der Waals surface area contributed by atoms with Crippen LogP contribution in [0.1, 0.15) is 107 Å². The standard InChI is InChI=1S/C38H64N8O13/c1-9-21(4)18-25-14-15-38(55,59-24(25)7)37(8,54)36(53)42-29-30(20(2)3)58-35(52)23(6)46(57)32(49)26-12-10-16-40-43(26)28(47)19-39-31(48)22(5)45(56)33(50)27-13-11-17-41-44(27)34(29)51/h20-27,29-30,40-41,54-57H,9-19H2,1-8H3,(H,39,48)(H,42,53)/t21-,22+,23-,24+,25+,26+,27-,29-,30-,37-,38+/m0/s1. The lowest BCUT2D eigenvalue weighted by molar-refractivity contribution is -0.326. The largest absolute Gasteiger partial charge is 0.458 e. The summed E-state index contributed by atoms with van der Waals surface area (Å²) in [5, 5.41) is 52.4. The first kappa shape index (κ1) is 47.7. The van der Waals surface area contributed by atoms with Crippen LogP contribution in [-0.2, 0) is 43.0 Å². The predicted octanol–water partition coefficient (Wildman–Crippen LogP) is -0.936. The number of amides is 6. The van der Waals surface area contributed by atoms with Crippen molar-refractivity contribution in [3.05, 3.63) is 0 Å². The molecule has 0 spiro atoms. The minimum atomic E-state index is -2.70. The number of carbonyl (C=O) groups excluding carboxylic acids is 7. The lowest BCUT2D eigenvalue weighted by atomic mass is 9.79. The summed E-state index contributed by atoms with van der Waals surface area (Å²) in [4.78, 5) is 96.8. The molecule has 6 amide bonds. The van der Waals surface area contributed by atoms with Gasteiger partial charge in [0.1, 0.15) is 30.3 Å². The van der Waals surface area contributed by atoms with Gasteiger partial charge in [0, 0.05) is 19.5 Å². The van der Waals surface area contributed by atoms with Gasteiger partial charge >= 0.3 is 5.97 Å². The number of nitrogens with zero attached hydrogens (tertiary/aromatic N) is 4. The Morgan fingerprint density at radius 3 is 2.02 bits per heavy atom. The zero-order valence-corrected chi connectivity index (χ0v) is 35.3. The molecule has 4 aliphatic rings. The van der Waals surface area contributed by atoms with Crippen LogP contribution in [-0.4, -0.2) is 156 Å². The molecule has 21 nitrogen and oxygen atoms in total. The Bertz CT molecular complexity index is 1580. The van der Waals surface area contributed by atoms with Gasteiger partial charge in [-0.2, -0.15) is 0 Å². The molecular weight excluding hydrogens is 776 g/mol. The van der Waals surface area contributed by atoms with Crippen molar-refractivity contribution in [3.8, 4) is 0 Å². The van der Waals surface area contributed by atoms with Crippen LogP contribution in [0.15, 0.2) is 0 Å². The van der Waals surface area contributed by atoms with Crippen LogP contribution in [0.2, 0.25) is 0 Å². The number of fused-ring (bicyclic) bond motifs is 2. The summed E-state index contributed by atoms with van der Waals surface area (Å²) in [6.45, 7) is 12.1. The first-order valence-corrected chi connectivity index (χ1v) is 20.7. The second-order valence-corrected chi connectivity index (χ2v) is 16.9. The third kappa shape index (κ3) is 10.3. The van der Waals surface area contributed by atoms with E-state index in [-0.39, 0.29) is 48.4 Å². The van der Waals surface area contributed by atoms with Gasteiger partial charge in [0.05, 0.1) is 12.6 Å². The summed E-state index contributed by atoms with van der Waals surface area (Å²) in [6, 6.07) is -8.05. The van der Waals surface area contributed by atoms with Gasteiger partial charge in [-0.3, -0.25) is 49.2 Å². The number of nitrogens with one attached hydrogen (secondary N) is 4. The molecule has 11 atom stereocenters. The zero-order chi connectivity index (χ0) is 44.1. The normalized spacial score (nSPS) is 34.1. The van der Waals surface area contributed by atoms with Gasteiger partial charge < -0.3 is 30.3 Å². The van der Waals surface area contributed by atoms with Crippen molar-refractivity contribution in [1.29, 1.82) is 0 Å². The lowest BCUT2D eigenvalue weighted by Crippen LogP contribution is -2.70. The van der Waals surface area contributed by atoms with Gasteiger partial charge in [-0.1, -0.05) is 34.1 Å². The average molecular weight is 841 g/mol. The monoisotopic (exact) mass is 840 g/mol. The highest BCUT2D eigenvalue weighted by atomic mass is 16.6. The number of hydrogen-bond donors (Lipinski definition) is 8. The Balaban J connectivity index is 1.76. The van der Waals surface area contributed by atoms with Crippen LogP contribution in [0.4, 0.5) is 0 Å². The number of hydrazine groups is 2. The fourth-order valence-corrected chi connectivity index (χ4v) is 7.87. The van der Waals surface area contributed by atoms with E-state index in [0.717, 1.165) is 36.7 Å². The fourth-order valence-electron chi connectivity index (χ4n) is 7.87. The smallest absolute Gasteiger partial charge is 0.331 e. The zero-order valence-electron chi connectivity index (χ0n) is 35.3. The highest BCUT2D eigenvalue weighted by molar-refractivity contribution is 5.97. The molecular formula is C38H64N8O13. The Kier molecular flexibility index (Phi) is 15.8. The number of aliphatic hydroxyl groups is 2. The molecule has 0 radical (unpaired) electrons. The first-order chi connectivity index (χ1) is 27.6. The topological polar surface area (TPSA) is 280 Å². The second kappa shape index (κ2) is 19.6. The van der Waals surface area contributed by atoms with Crippen molar-refractivity contribution in [1.82, 2.24) is 41.6 Å². The van der Waals surface area contributed by atoms with Crippen molar-refractivity contribution in [3.63, 3.8) is 0 Å². The number of hydrogen-bond acceptors (Lipinski definition) is 15. The van der Waals surface area contributed by atoms with Gasteiger partial charge in [-0.25, -0.2) is 25.8 Å². The molecule has 59 heavy (non-hydrogen) atoms. The van der Waals surface area contributed by atoms with Crippen molar-refractivity contribution in [2.75, 3.05) is 19.6 Å². The minimum Gasteiger partial charge on any atom is -0.458 e. The summed E-state index contributed by atoms with van der Waals surface area (Å²) in [5.41, 5.74) is 2.85. The number of cyclic esters (lactones) is 1. The highest BCUT2D eigenvalue weighted by Gasteiger charge is 2.57. The highest BCUT2D eigenvalue weighted by Crippen LogP contribution is 2.40. The summed E-state index contributed by atoms with van der Waals surface area (Å²) >= 11 is 0. The van der Waals surface area contributed by atoms with E-state index in [1.54, 1.807) is 20.8 Å². The van der Waals surface area contributed by atoms with E-state index in [4.69, 9.17) is 9.47 Å². The van der Waals surface area contributed by atoms with Crippen LogP contribution in [0.5, 0.6) is 0 Å². The van der Waals surface area contributed by atoms with E-state index in [1.165, 1.54) is 6.92 Å². The third-order valence-corrected chi connectivity index (χ3v) is 12.2. The van der Waals surface area contributed by atoms with Gasteiger partial charge in [-0.15, -0.1) is 0 Å². The summed E-state index contributed by atoms with van der Waals surface area (Å²) in [5.74, 6) is -10.4. The molecule has 0 bridgehead atoms. The molecule has 21 heteroatoms. The maximum atomic E-state index is 14.8. The van der Waals surface area contributed by atoms with Crippen LogP contribution in [0, 0.1) is 17.8 Å². The lowest BCUT2D eigenvalue weighted by Gasteiger charge is -2.47. The summed E-state index contributed by atoms with van der Waals surface area (Å²) in [6.07, 6.45) is 0.550. The predicted molar refractivity (Wildman–Crippen MR) is 205 cm³/mol. The molecule has 4 aliphatic heterocycles. The molecule has 0 unspecified atom stereocenters. The molecule has 334 valence electrons. The van der Waals surface area contributed by atoms with Crippen molar-refractivity contribution >= 4 is 41.4 Å². The molecule has 8 N–H and O–H groups in total. The Morgan fingerprint density at radius 2 is 1.46 bits per heavy atom. The number of esters is 1. The molecule has 0 aromatic heterocycles. The minimum absolute atomic E-state index is 0.0268. The van der Waals surface area contributed by atoms with Crippen LogP contribution < -0.4 is 21.5 Å². The molecule has 4 heterocycles. The Hall–Kier alpha value is -3.99. The fraction of sp³-hybridized carbons (Fsp3) is 0.816. The summed E-state index contributed by atoms with van der Waals surface area (Å²) in [7, 11) is 0. The van der Waals surface area contributed by atoms with E-state index < -0.39 is 108 Å². The van der Waals surface area contributed by atoms with Crippen LogP contribution in [0.25, 0.3) is 0 Å². The molecule has 4 saturated heterocycles. The number of ether oxygens (including phenoxy) is 2. The van der Waals surface area contributed by atoms with Gasteiger partial charge in [0.15, 0.2) is 11.6 Å². The first-order valence-electron chi connectivity index (χ1n) is 20.7. The molecule has 0 aromatic carbocycles. The maximum Gasteiger partial charge on any atom is 0.331 e. The van der Waals surface area contributed by atoms with Gasteiger partial charge in [0.2, 0.25) is 11.7 Å². The average Bonchev–Trinajstić information content (AvgIpc) is 3.22. The Morgan fingerprint density at radius 1 is 0.898 bits per heavy atom. The number of carbonyl (C=O) groups is 7. The Labute approximate surface area is 344 Å². The van der Waals surface area contributed by atoms with Crippen molar-refractivity contribution < 1.29 is 63.7 Å². The van der Waals surface area contributed by atoms with Gasteiger partial charge in [0.25, 0.3) is 29.5 Å². The van der Waals surface area contributed by atoms with Crippen molar-refractivity contribution in [2.45, 2.75) is 161 Å². The SMILES string of the molecule is CC[C@H](C)C[C@H]1CC[C@](O)([C@@](C)(O)C(=O)N[C@@H]2C(=O)N3NCCC[C@H]3C(=O)N(O)[C@H](C)C(=O)NCC(=O)N3NCCC[C@@H]3C(=O)N(O)[C@@H](C)C(=O)O[C@H]2C(C)C)O[C@@H]1C. The van der Waals surface area contributed by atoms with Crippen molar-refractivity contribution in [2.24, 2.45) is 17.8 Å². The molecule has 4 rings (SSSR count). The number of hydroxylamine groups is 4. The van der Waals surface area contributed by atoms with Crippen LogP contribution in [0.3, 0.4) is 0 Å². The van der Waals surface area contributed by atoms with E-state index in [0.29, 0.717) is 25.2 Å². The molecule has 4 fully saturated rings. The molecule has 0 aromatic rings. The second-order valence-electron chi connectivity index (χ2n) is 16.9. The third-order valence-electron chi connectivity index (χ3n) is 12.2. The van der Waals surface area contributed by atoms with E-state index in [2.05, 4.69) is 35.3 Å². The van der Waals surface area contributed by atoms with Crippen LogP contribution >= 0.6 is 0 Å². The number of rotatable bonds is 7. The summed E-state index contributed by atoms with van der Waals surface area (Å²) < 4.78 is 11.8. The van der Waals surface area contributed by atoms with E-state index in [9.17, 15) is 54.2 Å². The van der Waals surface area contributed by atoms with E-state index >= 15 is 0 Å².